The molecule has 11 heteroatoms. The van der Waals surface area contributed by atoms with Gasteiger partial charge in [-0.3, -0.25) is 4.98 Å². The number of ether oxygens (including phenoxy) is 1. The summed E-state index contributed by atoms with van der Waals surface area (Å²) < 4.78 is 51.6. The maximum atomic E-state index is 14.6. The number of rotatable bonds is 7. The van der Waals surface area contributed by atoms with Gasteiger partial charge in [-0.15, -0.1) is 10.2 Å². The molecule has 9 nitrogen and oxygen atoms in total. The third kappa shape index (κ3) is 5.15. The van der Waals surface area contributed by atoms with Crippen molar-refractivity contribution < 1.29 is 23.4 Å². The first-order valence-electron chi connectivity index (χ1n) is 11.9. The van der Waals surface area contributed by atoms with Crippen LogP contribution in [0.3, 0.4) is 0 Å². The molecule has 0 unspecified atom stereocenters. The van der Waals surface area contributed by atoms with Crippen molar-refractivity contribution in [1.29, 1.82) is 0 Å². The van der Waals surface area contributed by atoms with Crippen LogP contribution >= 0.6 is 0 Å². The van der Waals surface area contributed by atoms with Crippen LogP contribution in [0.15, 0.2) is 58.0 Å². The van der Waals surface area contributed by atoms with Gasteiger partial charge in [0.15, 0.2) is 9.84 Å². The summed E-state index contributed by atoms with van der Waals surface area (Å²) in [6, 6.07) is 11.4. The summed E-state index contributed by atoms with van der Waals surface area (Å²) in [4.78, 5) is 9.31. The molecule has 1 fully saturated rings. The monoisotopic (exact) mass is 525 g/mol. The van der Waals surface area contributed by atoms with Crippen LogP contribution in [-0.4, -0.2) is 54.1 Å². The largest absolute Gasteiger partial charge is 0.414 e. The normalized spacial score (nSPS) is 14.7. The van der Waals surface area contributed by atoms with Gasteiger partial charge in [0.1, 0.15) is 11.5 Å². The van der Waals surface area contributed by atoms with E-state index >= 15 is 0 Å². The topological polar surface area (TPSA) is 120 Å². The molecule has 2 aromatic heterocycles. The zero-order chi connectivity index (χ0) is 26.0. The van der Waals surface area contributed by atoms with E-state index in [1.165, 1.54) is 6.07 Å². The van der Waals surface area contributed by atoms with Gasteiger partial charge in [-0.05, 0) is 56.6 Å². The maximum Gasteiger partial charge on any atom is 0.268 e. The summed E-state index contributed by atoms with van der Waals surface area (Å²) in [5, 5.41) is 10.6. The van der Waals surface area contributed by atoms with Crippen molar-refractivity contribution in [1.82, 2.24) is 25.5 Å². The highest BCUT2D eigenvalue weighted by atomic mass is 32.2. The fourth-order valence-corrected chi connectivity index (χ4v) is 5.97. The average Bonchev–Trinajstić information content (AvgIpc) is 3.39. The summed E-state index contributed by atoms with van der Waals surface area (Å²) in [5.41, 5.74) is 3.11. The van der Waals surface area contributed by atoms with E-state index in [9.17, 15) is 12.8 Å². The zero-order valence-corrected chi connectivity index (χ0v) is 21.3. The van der Waals surface area contributed by atoms with Crippen LogP contribution in [-0.2, 0) is 21.1 Å². The molecule has 1 aliphatic heterocycles. The van der Waals surface area contributed by atoms with E-state index in [1.54, 1.807) is 56.6 Å². The number of nitrogens with zero attached hydrogens (tertiary/aromatic N) is 4. The lowest BCUT2D eigenvalue weighted by Crippen LogP contribution is -2.28. The van der Waals surface area contributed by atoms with Gasteiger partial charge in [0.25, 0.3) is 11.8 Å². The number of hydrogen-bond acceptors (Lipinski definition) is 9. The van der Waals surface area contributed by atoms with Gasteiger partial charge in [0.2, 0.25) is 0 Å². The van der Waals surface area contributed by atoms with E-state index in [0.717, 1.165) is 5.56 Å². The quantitative estimate of drug-likeness (QED) is 0.378. The van der Waals surface area contributed by atoms with Crippen molar-refractivity contribution in [2.45, 2.75) is 36.5 Å². The number of benzene rings is 2. The predicted molar refractivity (Wildman–Crippen MR) is 137 cm³/mol. The molecule has 1 aliphatic rings. The van der Waals surface area contributed by atoms with Gasteiger partial charge in [-0.1, -0.05) is 18.2 Å². The van der Waals surface area contributed by atoms with Crippen molar-refractivity contribution >= 4 is 9.84 Å². The Morgan fingerprint density at radius 3 is 2.51 bits per heavy atom. The second-order valence-electron chi connectivity index (χ2n) is 8.83. The number of halogens is 1. The standard InChI is InChI=1S/C26H26FN5O4S.H2/c1-16-24(26-32-31-25(36-26)21-8-3-17(14-28-2)13-22(21)27)30-23(15-29-16)18-4-6-19(7-5-18)37(33,34)20-9-11-35-12-10-20;/h3-8,13,15,20,28H,9-12,14H2,1-2H3;1H. The zero-order valence-electron chi connectivity index (χ0n) is 20.4. The Kier molecular flexibility index (Phi) is 7.09. The molecular weight excluding hydrogens is 497 g/mol. The number of aromatic nitrogens is 4. The molecule has 3 heterocycles. The van der Waals surface area contributed by atoms with Crippen LogP contribution in [0.25, 0.3) is 34.3 Å². The summed E-state index contributed by atoms with van der Waals surface area (Å²) in [6.45, 7) is 3.20. The van der Waals surface area contributed by atoms with E-state index < -0.39 is 20.9 Å². The van der Waals surface area contributed by atoms with Crippen molar-refractivity contribution in [2.24, 2.45) is 0 Å². The van der Waals surface area contributed by atoms with Crippen LogP contribution in [0.4, 0.5) is 4.39 Å². The molecule has 0 saturated carbocycles. The fourth-order valence-electron chi connectivity index (χ4n) is 4.26. The second-order valence-corrected chi connectivity index (χ2v) is 11.1. The maximum absolute atomic E-state index is 14.6. The molecule has 1 saturated heterocycles. The molecule has 0 amide bonds. The number of nitrogens with one attached hydrogen (secondary N) is 1. The Morgan fingerprint density at radius 2 is 1.81 bits per heavy atom. The third-order valence-electron chi connectivity index (χ3n) is 6.31. The minimum absolute atomic E-state index is 0. The highest BCUT2D eigenvalue weighted by Gasteiger charge is 2.29. The summed E-state index contributed by atoms with van der Waals surface area (Å²) >= 11 is 0. The Morgan fingerprint density at radius 1 is 1.08 bits per heavy atom. The van der Waals surface area contributed by atoms with E-state index in [1.807, 2.05) is 0 Å². The van der Waals surface area contributed by atoms with Crippen LogP contribution in [0.1, 0.15) is 25.5 Å². The molecule has 0 spiro atoms. The van der Waals surface area contributed by atoms with E-state index in [-0.39, 0.29) is 23.7 Å². The molecule has 0 bridgehead atoms. The lowest BCUT2D eigenvalue weighted by Gasteiger charge is -2.22. The second kappa shape index (κ2) is 10.4. The van der Waals surface area contributed by atoms with Crippen molar-refractivity contribution in [3.05, 3.63) is 65.7 Å². The molecule has 194 valence electrons. The van der Waals surface area contributed by atoms with Crippen LogP contribution in [0.2, 0.25) is 0 Å². The number of sulfone groups is 1. The Balaban J connectivity index is 0.00000336. The van der Waals surface area contributed by atoms with Gasteiger partial charge >= 0.3 is 0 Å². The molecule has 1 N–H and O–H groups in total. The van der Waals surface area contributed by atoms with Crippen LogP contribution in [0.5, 0.6) is 0 Å². The van der Waals surface area contributed by atoms with Gasteiger partial charge in [0, 0.05) is 26.7 Å². The fraction of sp³-hybridized carbons (Fsp3) is 0.308. The van der Waals surface area contributed by atoms with E-state index in [0.29, 0.717) is 55.2 Å². The third-order valence-corrected chi connectivity index (χ3v) is 8.59. The van der Waals surface area contributed by atoms with Gasteiger partial charge in [-0.25, -0.2) is 17.8 Å². The van der Waals surface area contributed by atoms with Gasteiger partial charge < -0.3 is 14.5 Å². The minimum Gasteiger partial charge on any atom is -0.414 e. The van der Waals surface area contributed by atoms with Crippen LogP contribution < -0.4 is 5.32 Å². The Hall–Kier alpha value is -3.54. The first kappa shape index (κ1) is 25.1. The molecule has 0 aliphatic carbocycles. The number of hydrogen-bond donors (Lipinski definition) is 1. The first-order chi connectivity index (χ1) is 17.9. The van der Waals surface area contributed by atoms with E-state index in [2.05, 4.69) is 25.5 Å². The molecule has 2 aromatic carbocycles. The Labute approximate surface area is 215 Å². The van der Waals surface area contributed by atoms with Crippen LogP contribution in [0, 0.1) is 12.7 Å². The molecule has 5 rings (SSSR count). The lowest BCUT2D eigenvalue weighted by molar-refractivity contribution is 0.0983. The van der Waals surface area contributed by atoms with Crippen molar-refractivity contribution in [3.8, 4) is 34.3 Å². The predicted octanol–water partition coefficient (Wildman–Crippen LogP) is 4.23. The van der Waals surface area contributed by atoms with Gasteiger partial charge in [0.05, 0.1) is 33.3 Å². The molecule has 4 aromatic rings. The van der Waals surface area contributed by atoms with Gasteiger partial charge in [-0.2, -0.15) is 0 Å². The van der Waals surface area contributed by atoms with Crippen molar-refractivity contribution in [2.75, 3.05) is 20.3 Å². The summed E-state index contributed by atoms with van der Waals surface area (Å²) in [6.07, 6.45) is 2.58. The molecule has 0 atom stereocenters. The minimum atomic E-state index is -3.44. The highest BCUT2D eigenvalue weighted by Crippen LogP contribution is 2.29. The average molecular weight is 526 g/mol. The highest BCUT2D eigenvalue weighted by molar-refractivity contribution is 7.92. The number of aryl methyl sites for hydroxylation is 1. The first-order valence-corrected chi connectivity index (χ1v) is 13.4. The smallest absolute Gasteiger partial charge is 0.268 e. The lowest BCUT2D eigenvalue weighted by atomic mass is 10.1. The molecule has 0 radical (unpaired) electrons. The summed E-state index contributed by atoms with van der Waals surface area (Å²) in [5.74, 6) is -0.313. The summed E-state index contributed by atoms with van der Waals surface area (Å²) in [7, 11) is -1.65. The molecular formula is C26H28FN5O4S. The molecule has 37 heavy (non-hydrogen) atoms. The SMILES string of the molecule is CNCc1ccc(-c2nnc(-c3nc(-c4ccc(S(=O)(=O)C5CCOCC5)cc4)cnc3C)o2)c(F)c1.[HH]. The Bertz CT molecular complexity index is 1520. The van der Waals surface area contributed by atoms with Crippen molar-refractivity contribution in [3.63, 3.8) is 0 Å². The van der Waals surface area contributed by atoms with E-state index in [4.69, 9.17) is 9.15 Å².